The van der Waals surface area contributed by atoms with E-state index in [-0.39, 0.29) is 12.2 Å². The molecule has 36 heavy (non-hydrogen) atoms. The first-order valence-electron chi connectivity index (χ1n) is 10.3. The number of aromatic nitrogens is 2. The number of hydrogen-bond acceptors (Lipinski definition) is 3. The van der Waals surface area contributed by atoms with Gasteiger partial charge < -0.3 is 4.55 Å². The molecule has 0 amide bonds. The highest BCUT2D eigenvalue weighted by molar-refractivity contribution is 7.77. The van der Waals surface area contributed by atoms with E-state index in [4.69, 9.17) is 0 Å². The van der Waals surface area contributed by atoms with Crippen molar-refractivity contribution in [3.8, 4) is 28.2 Å². The molecule has 0 fully saturated rings. The largest absolute Gasteiger partial charge is 0.760 e. The molecule has 0 spiro atoms. The average molecular weight is 524 g/mol. The molecule has 3 aromatic carbocycles. The summed E-state index contributed by atoms with van der Waals surface area (Å²) in [5, 5.41) is 0. The Morgan fingerprint density at radius 3 is 2.19 bits per heavy atom. The van der Waals surface area contributed by atoms with Crippen molar-refractivity contribution >= 4 is 11.3 Å². The van der Waals surface area contributed by atoms with Gasteiger partial charge >= 0.3 is 12.4 Å². The maximum atomic E-state index is 13.6. The van der Waals surface area contributed by atoms with E-state index in [1.165, 1.54) is 18.2 Å². The van der Waals surface area contributed by atoms with Crippen molar-refractivity contribution in [2.24, 2.45) is 0 Å². The summed E-state index contributed by atoms with van der Waals surface area (Å²) in [6.45, 7) is 0.0687. The third-order valence-corrected chi connectivity index (χ3v) is 5.65. The smallest absolute Gasteiger partial charge is 0.434 e. The van der Waals surface area contributed by atoms with E-state index in [2.05, 4.69) is 9.71 Å². The van der Waals surface area contributed by atoms with Crippen LogP contribution in [-0.2, 0) is 30.2 Å². The van der Waals surface area contributed by atoms with Crippen LogP contribution < -0.4 is 4.72 Å². The number of nitrogens with one attached hydrogen (secondary N) is 1. The Hall–Kier alpha value is -3.48. The standard InChI is InChI=1S/C24H17F6N3O2S/c25-23(26,27)20-7-2-1-6-19(20)22-32-21(24(28,29)30)14-33(22)18-10-8-16(9-11-18)17-5-3-4-15(12-17)13-31-36(34)35/h1-12,14,31H,13H2,(H,34,35)/p-1. The fourth-order valence-corrected chi connectivity index (χ4v) is 3.93. The molecule has 1 heterocycles. The molecule has 1 atom stereocenters. The normalized spacial score (nSPS) is 13.1. The predicted molar refractivity (Wildman–Crippen MR) is 120 cm³/mol. The van der Waals surface area contributed by atoms with Gasteiger partial charge in [-0.15, -0.1) is 0 Å². The Balaban J connectivity index is 1.76. The predicted octanol–water partition coefficient (Wildman–Crippen LogP) is 6.13. The lowest BCUT2D eigenvalue weighted by Crippen LogP contribution is -2.15. The van der Waals surface area contributed by atoms with Crippen LogP contribution >= 0.6 is 0 Å². The summed E-state index contributed by atoms with van der Waals surface area (Å²) in [5.41, 5.74) is -0.690. The first-order valence-corrected chi connectivity index (χ1v) is 11.4. The van der Waals surface area contributed by atoms with E-state index in [0.29, 0.717) is 22.9 Å². The second-order valence-electron chi connectivity index (χ2n) is 7.66. The second kappa shape index (κ2) is 9.88. The van der Waals surface area contributed by atoms with Gasteiger partial charge in [0, 0.05) is 35.3 Å². The minimum Gasteiger partial charge on any atom is -0.760 e. The number of alkyl halides is 6. The van der Waals surface area contributed by atoms with Crippen molar-refractivity contribution < 1.29 is 35.1 Å². The van der Waals surface area contributed by atoms with E-state index in [1.54, 1.807) is 36.4 Å². The van der Waals surface area contributed by atoms with Crippen molar-refractivity contribution in [3.63, 3.8) is 0 Å². The highest BCUT2D eigenvalue weighted by Crippen LogP contribution is 2.39. The molecule has 0 aliphatic rings. The van der Waals surface area contributed by atoms with Crippen LogP contribution in [0, 0.1) is 0 Å². The van der Waals surface area contributed by atoms with Crippen LogP contribution in [0.2, 0.25) is 0 Å². The quantitative estimate of drug-likeness (QED) is 0.244. The molecule has 0 aliphatic heterocycles. The Kier molecular flexibility index (Phi) is 7.03. The van der Waals surface area contributed by atoms with Gasteiger partial charge in [-0.05, 0) is 41.0 Å². The molecule has 5 nitrogen and oxygen atoms in total. The van der Waals surface area contributed by atoms with E-state index in [9.17, 15) is 35.1 Å². The van der Waals surface area contributed by atoms with Crippen molar-refractivity contribution in [3.05, 3.63) is 95.8 Å². The summed E-state index contributed by atoms with van der Waals surface area (Å²) >= 11 is -2.43. The fourth-order valence-electron chi connectivity index (χ4n) is 3.65. The van der Waals surface area contributed by atoms with E-state index >= 15 is 0 Å². The molecule has 1 unspecified atom stereocenters. The Morgan fingerprint density at radius 2 is 1.56 bits per heavy atom. The van der Waals surface area contributed by atoms with Gasteiger partial charge in [-0.2, -0.15) is 26.3 Å². The maximum Gasteiger partial charge on any atom is 0.434 e. The van der Waals surface area contributed by atoms with Crippen molar-refractivity contribution in [2.45, 2.75) is 18.9 Å². The van der Waals surface area contributed by atoms with Crippen LogP contribution in [0.4, 0.5) is 26.3 Å². The zero-order valence-corrected chi connectivity index (χ0v) is 18.9. The molecule has 0 saturated heterocycles. The molecule has 0 saturated carbocycles. The summed E-state index contributed by atoms with van der Waals surface area (Å²) in [6.07, 6.45) is -9.00. The number of halogens is 6. The lowest BCUT2D eigenvalue weighted by molar-refractivity contribution is -0.140. The number of imidazole rings is 1. The zero-order chi connectivity index (χ0) is 26.1. The molecule has 0 bridgehead atoms. The Labute approximate surface area is 203 Å². The summed E-state index contributed by atoms with van der Waals surface area (Å²) in [7, 11) is 0. The molecule has 1 aromatic heterocycles. The summed E-state index contributed by atoms with van der Waals surface area (Å²) in [5.74, 6) is -0.498. The van der Waals surface area contributed by atoms with Gasteiger partial charge in [-0.25, -0.2) is 9.71 Å². The number of hydrogen-bond donors (Lipinski definition) is 1. The average Bonchev–Trinajstić information content (AvgIpc) is 3.29. The van der Waals surface area contributed by atoms with Crippen LogP contribution in [0.3, 0.4) is 0 Å². The Morgan fingerprint density at radius 1 is 0.861 bits per heavy atom. The van der Waals surface area contributed by atoms with Crippen LogP contribution in [-0.4, -0.2) is 18.3 Å². The maximum absolute atomic E-state index is 13.6. The highest BCUT2D eigenvalue weighted by atomic mass is 32.2. The molecule has 1 N–H and O–H groups in total. The van der Waals surface area contributed by atoms with Crippen molar-refractivity contribution in [2.75, 3.05) is 0 Å². The topological polar surface area (TPSA) is 70.0 Å². The summed E-state index contributed by atoms with van der Waals surface area (Å²) in [6, 6.07) is 17.4. The van der Waals surface area contributed by atoms with Gasteiger partial charge in [-0.1, -0.05) is 48.5 Å². The highest BCUT2D eigenvalue weighted by Gasteiger charge is 2.38. The van der Waals surface area contributed by atoms with Crippen LogP contribution in [0.15, 0.2) is 79.0 Å². The summed E-state index contributed by atoms with van der Waals surface area (Å²) < 4.78 is 106. The number of rotatable bonds is 6. The minimum absolute atomic E-state index is 0.0687. The first-order chi connectivity index (χ1) is 16.9. The van der Waals surface area contributed by atoms with Gasteiger partial charge in [0.15, 0.2) is 5.69 Å². The van der Waals surface area contributed by atoms with Crippen molar-refractivity contribution in [1.29, 1.82) is 0 Å². The monoisotopic (exact) mass is 524 g/mol. The molecular weight excluding hydrogens is 508 g/mol. The third-order valence-electron chi connectivity index (χ3n) is 5.27. The van der Waals surface area contributed by atoms with Gasteiger partial charge in [0.2, 0.25) is 0 Å². The molecule has 0 radical (unpaired) electrons. The number of nitrogens with zero attached hydrogens (tertiary/aromatic N) is 2. The van der Waals surface area contributed by atoms with Crippen LogP contribution in [0.5, 0.6) is 0 Å². The van der Waals surface area contributed by atoms with E-state index < -0.39 is 46.3 Å². The van der Waals surface area contributed by atoms with Crippen molar-refractivity contribution in [1.82, 2.24) is 14.3 Å². The van der Waals surface area contributed by atoms with Gasteiger partial charge in [0.1, 0.15) is 5.82 Å². The first kappa shape index (κ1) is 25.6. The molecule has 12 heteroatoms. The molecule has 0 aliphatic carbocycles. The zero-order valence-electron chi connectivity index (χ0n) is 18.1. The lowest BCUT2D eigenvalue weighted by atomic mass is 10.0. The van der Waals surface area contributed by atoms with Crippen LogP contribution in [0.25, 0.3) is 28.2 Å². The summed E-state index contributed by atoms with van der Waals surface area (Å²) in [4.78, 5) is 3.51. The van der Waals surface area contributed by atoms with Gasteiger partial charge in [-0.3, -0.25) is 8.78 Å². The molecule has 4 rings (SSSR count). The second-order valence-corrected chi connectivity index (χ2v) is 8.42. The van der Waals surface area contributed by atoms with Gasteiger partial charge in [0.05, 0.1) is 5.56 Å². The minimum atomic E-state index is -4.87. The van der Waals surface area contributed by atoms with E-state index in [1.807, 2.05) is 0 Å². The van der Waals surface area contributed by atoms with Gasteiger partial charge in [0.25, 0.3) is 0 Å². The van der Waals surface area contributed by atoms with Crippen LogP contribution in [0.1, 0.15) is 16.8 Å². The molecule has 188 valence electrons. The number of benzene rings is 3. The third kappa shape index (κ3) is 5.66. The fraction of sp³-hybridized carbons (Fsp3) is 0.125. The SMILES string of the molecule is O=S([O-])NCc1cccc(-c2ccc(-n3cc(C(F)(F)F)nc3-c3ccccc3C(F)(F)F)cc2)c1. The Bertz CT molecular complexity index is 1400. The molecule has 4 aromatic rings. The molecular formula is C24H16F6N3O2S-. The lowest BCUT2D eigenvalue weighted by Gasteiger charge is -2.14. The van der Waals surface area contributed by atoms with E-state index in [0.717, 1.165) is 22.8 Å².